The maximum atomic E-state index is 10.7. The highest BCUT2D eigenvalue weighted by molar-refractivity contribution is 8.38. The molecule has 1 heterocycles. The van der Waals surface area contributed by atoms with Crippen molar-refractivity contribution >= 4 is 33.9 Å². The first-order chi connectivity index (χ1) is 7.75. The molecule has 0 atom stereocenters. The minimum absolute atomic E-state index is 0.335. The van der Waals surface area contributed by atoms with Crippen LogP contribution in [0, 0.1) is 0 Å². The standard InChI is InChI=1S/C11H11NO2S2/c13-10(14)9-3-1-8(2-4-9)7-16-11-12-5-6-15-11/h1-4H,5-7H2,(H,13,14). The maximum absolute atomic E-state index is 10.7. The smallest absolute Gasteiger partial charge is 0.335 e. The summed E-state index contributed by atoms with van der Waals surface area (Å²) in [5, 5.41) is 8.75. The van der Waals surface area contributed by atoms with Crippen molar-refractivity contribution < 1.29 is 9.90 Å². The molecule has 1 aliphatic rings. The van der Waals surface area contributed by atoms with E-state index in [-0.39, 0.29) is 0 Å². The van der Waals surface area contributed by atoms with Crippen molar-refractivity contribution in [2.75, 3.05) is 12.3 Å². The first kappa shape index (κ1) is 11.5. The number of carboxylic acid groups (broad SMARTS) is 1. The molecule has 1 aliphatic heterocycles. The summed E-state index contributed by atoms with van der Waals surface area (Å²) in [5.74, 6) is 1.06. The SMILES string of the molecule is O=C(O)c1ccc(CSC2=NCCS2)cc1. The second kappa shape index (κ2) is 5.41. The molecule has 0 saturated heterocycles. The van der Waals surface area contributed by atoms with E-state index in [1.54, 1.807) is 35.7 Å². The number of aromatic carboxylic acids is 1. The quantitative estimate of drug-likeness (QED) is 0.900. The van der Waals surface area contributed by atoms with Crippen molar-refractivity contribution in [3.05, 3.63) is 35.4 Å². The largest absolute Gasteiger partial charge is 0.478 e. The van der Waals surface area contributed by atoms with Crippen LogP contribution in [0.15, 0.2) is 29.3 Å². The summed E-state index contributed by atoms with van der Waals surface area (Å²) in [6, 6.07) is 7.00. The molecule has 0 spiro atoms. The topological polar surface area (TPSA) is 49.7 Å². The number of thioether (sulfide) groups is 2. The molecule has 1 aromatic rings. The van der Waals surface area contributed by atoms with Crippen LogP contribution < -0.4 is 0 Å². The Kier molecular flexibility index (Phi) is 3.90. The molecule has 0 bridgehead atoms. The van der Waals surface area contributed by atoms with Crippen molar-refractivity contribution in [1.82, 2.24) is 0 Å². The van der Waals surface area contributed by atoms with Gasteiger partial charge in [-0.25, -0.2) is 4.79 Å². The first-order valence-electron chi connectivity index (χ1n) is 4.88. The van der Waals surface area contributed by atoms with Gasteiger partial charge in [0.05, 0.1) is 12.1 Å². The molecule has 16 heavy (non-hydrogen) atoms. The second-order valence-electron chi connectivity index (χ2n) is 3.29. The monoisotopic (exact) mass is 253 g/mol. The molecule has 0 fully saturated rings. The van der Waals surface area contributed by atoms with Crippen LogP contribution in [-0.2, 0) is 5.75 Å². The fourth-order valence-corrected chi connectivity index (χ4v) is 3.26. The van der Waals surface area contributed by atoms with Gasteiger partial charge in [-0.2, -0.15) is 0 Å². The number of carboxylic acids is 1. The summed E-state index contributed by atoms with van der Waals surface area (Å²) in [5.41, 5.74) is 1.46. The van der Waals surface area contributed by atoms with E-state index in [1.165, 1.54) is 0 Å². The van der Waals surface area contributed by atoms with Gasteiger partial charge in [0.25, 0.3) is 0 Å². The minimum atomic E-state index is -0.880. The number of benzene rings is 1. The fourth-order valence-electron chi connectivity index (χ4n) is 1.29. The average Bonchev–Trinajstić information content (AvgIpc) is 2.80. The van der Waals surface area contributed by atoms with E-state index in [0.717, 1.165) is 28.0 Å². The van der Waals surface area contributed by atoms with Gasteiger partial charge in [-0.1, -0.05) is 35.7 Å². The zero-order valence-corrected chi connectivity index (χ0v) is 10.2. The Morgan fingerprint density at radius 2 is 2.19 bits per heavy atom. The Hall–Kier alpha value is -0.940. The lowest BCUT2D eigenvalue weighted by Crippen LogP contribution is -1.95. The number of hydrogen-bond acceptors (Lipinski definition) is 4. The maximum Gasteiger partial charge on any atom is 0.335 e. The Balaban J connectivity index is 1.92. The molecule has 0 unspecified atom stereocenters. The van der Waals surface area contributed by atoms with Gasteiger partial charge >= 0.3 is 5.97 Å². The van der Waals surface area contributed by atoms with Crippen molar-refractivity contribution in [3.63, 3.8) is 0 Å². The van der Waals surface area contributed by atoms with Gasteiger partial charge < -0.3 is 5.11 Å². The summed E-state index contributed by atoms with van der Waals surface area (Å²) >= 11 is 3.51. The Morgan fingerprint density at radius 3 is 2.75 bits per heavy atom. The molecular formula is C11H11NO2S2. The molecule has 5 heteroatoms. The van der Waals surface area contributed by atoms with Gasteiger partial charge in [-0.15, -0.1) is 0 Å². The normalized spacial score (nSPS) is 14.9. The lowest BCUT2D eigenvalue weighted by Gasteiger charge is -2.01. The molecule has 1 aromatic carbocycles. The summed E-state index contributed by atoms with van der Waals surface area (Å²) in [6.07, 6.45) is 0. The Bertz CT molecular complexity index is 414. The van der Waals surface area contributed by atoms with Gasteiger partial charge in [0.15, 0.2) is 0 Å². The zero-order chi connectivity index (χ0) is 11.4. The van der Waals surface area contributed by atoms with Crippen LogP contribution in [-0.4, -0.2) is 27.7 Å². The summed E-state index contributed by atoms with van der Waals surface area (Å²) < 4.78 is 1.14. The van der Waals surface area contributed by atoms with Crippen LogP contribution in [0.3, 0.4) is 0 Å². The van der Waals surface area contributed by atoms with E-state index >= 15 is 0 Å². The van der Waals surface area contributed by atoms with Gasteiger partial charge in [-0.3, -0.25) is 4.99 Å². The van der Waals surface area contributed by atoms with Gasteiger partial charge in [0, 0.05) is 11.5 Å². The highest BCUT2D eigenvalue weighted by Gasteiger charge is 2.08. The van der Waals surface area contributed by atoms with E-state index in [1.807, 2.05) is 12.1 Å². The predicted octanol–water partition coefficient (Wildman–Crippen LogP) is 2.72. The van der Waals surface area contributed by atoms with Crippen LogP contribution >= 0.6 is 23.5 Å². The number of rotatable bonds is 3. The molecular weight excluding hydrogens is 242 g/mol. The van der Waals surface area contributed by atoms with Gasteiger partial charge in [0.2, 0.25) is 0 Å². The third-order valence-corrected chi connectivity index (χ3v) is 4.44. The second-order valence-corrected chi connectivity index (χ2v) is 5.59. The minimum Gasteiger partial charge on any atom is -0.478 e. The molecule has 0 aromatic heterocycles. The Morgan fingerprint density at radius 1 is 1.44 bits per heavy atom. The molecule has 1 N–H and O–H groups in total. The highest BCUT2D eigenvalue weighted by atomic mass is 32.2. The van der Waals surface area contributed by atoms with Crippen LogP contribution in [0.2, 0.25) is 0 Å². The third kappa shape index (κ3) is 3.02. The average molecular weight is 253 g/mol. The van der Waals surface area contributed by atoms with E-state index < -0.39 is 5.97 Å². The van der Waals surface area contributed by atoms with Crippen LogP contribution in [0.25, 0.3) is 0 Å². The number of nitrogens with zero attached hydrogens (tertiary/aromatic N) is 1. The molecule has 2 rings (SSSR count). The van der Waals surface area contributed by atoms with E-state index in [9.17, 15) is 4.79 Å². The van der Waals surface area contributed by atoms with E-state index in [4.69, 9.17) is 5.11 Å². The Labute approximate surface area is 102 Å². The fraction of sp³-hybridized carbons (Fsp3) is 0.273. The lowest BCUT2D eigenvalue weighted by atomic mass is 10.1. The molecule has 3 nitrogen and oxygen atoms in total. The number of hydrogen-bond donors (Lipinski definition) is 1. The summed E-state index contributed by atoms with van der Waals surface area (Å²) in [7, 11) is 0. The zero-order valence-electron chi connectivity index (χ0n) is 8.55. The molecule has 0 radical (unpaired) electrons. The molecule has 84 valence electrons. The van der Waals surface area contributed by atoms with Crippen LogP contribution in [0.1, 0.15) is 15.9 Å². The summed E-state index contributed by atoms with van der Waals surface area (Å²) in [4.78, 5) is 15.0. The number of aliphatic imine (C=N–C) groups is 1. The van der Waals surface area contributed by atoms with Crippen molar-refractivity contribution in [2.45, 2.75) is 5.75 Å². The van der Waals surface area contributed by atoms with Crippen molar-refractivity contribution in [1.29, 1.82) is 0 Å². The number of carbonyl (C=O) groups is 1. The van der Waals surface area contributed by atoms with Crippen molar-refractivity contribution in [3.8, 4) is 0 Å². The highest BCUT2D eigenvalue weighted by Crippen LogP contribution is 2.25. The van der Waals surface area contributed by atoms with Crippen LogP contribution in [0.5, 0.6) is 0 Å². The third-order valence-electron chi connectivity index (χ3n) is 2.12. The van der Waals surface area contributed by atoms with Gasteiger partial charge in [0.1, 0.15) is 4.38 Å². The molecule has 0 aliphatic carbocycles. The van der Waals surface area contributed by atoms with E-state index in [0.29, 0.717) is 5.56 Å². The predicted molar refractivity (Wildman–Crippen MR) is 69.5 cm³/mol. The van der Waals surface area contributed by atoms with Crippen LogP contribution in [0.4, 0.5) is 0 Å². The molecule has 0 saturated carbocycles. The molecule has 0 amide bonds. The van der Waals surface area contributed by atoms with E-state index in [2.05, 4.69) is 4.99 Å². The van der Waals surface area contributed by atoms with Crippen molar-refractivity contribution in [2.24, 2.45) is 4.99 Å². The summed E-state index contributed by atoms with van der Waals surface area (Å²) in [6.45, 7) is 0.922. The van der Waals surface area contributed by atoms with Gasteiger partial charge in [-0.05, 0) is 17.7 Å². The first-order valence-corrected chi connectivity index (χ1v) is 6.85. The lowest BCUT2D eigenvalue weighted by molar-refractivity contribution is 0.0697.